The molecule has 4 aromatic rings. The molecule has 4 rings (SSSR count). The van der Waals surface area contributed by atoms with Gasteiger partial charge in [-0.25, -0.2) is 0 Å². The van der Waals surface area contributed by atoms with E-state index in [9.17, 15) is 4.79 Å². The molecule has 4 heteroatoms. The SMILES string of the molecule is Cn1cc([C@H](CC(=O)Nc2ccccc2)c2ccc(Cl)cc2)c2ccccc21. The van der Waals surface area contributed by atoms with Gasteiger partial charge in [0.1, 0.15) is 0 Å². The fourth-order valence-corrected chi connectivity index (χ4v) is 3.80. The quantitative estimate of drug-likeness (QED) is 0.447. The number of fused-ring (bicyclic) bond motifs is 1. The molecular formula is C24H21ClN2O. The molecule has 0 saturated heterocycles. The number of aryl methyl sites for hydroxylation is 1. The average molecular weight is 389 g/mol. The Kier molecular flexibility index (Phi) is 5.18. The Morgan fingerprint density at radius 1 is 0.964 bits per heavy atom. The van der Waals surface area contributed by atoms with Crippen LogP contribution in [0.3, 0.4) is 0 Å². The van der Waals surface area contributed by atoms with E-state index in [1.165, 1.54) is 0 Å². The first-order valence-electron chi connectivity index (χ1n) is 9.26. The van der Waals surface area contributed by atoms with Gasteiger partial charge >= 0.3 is 0 Å². The number of anilines is 1. The number of nitrogens with zero attached hydrogens (tertiary/aromatic N) is 1. The van der Waals surface area contributed by atoms with Gasteiger partial charge in [0.15, 0.2) is 0 Å². The predicted octanol–water partition coefficient (Wildman–Crippen LogP) is 5.99. The number of hydrogen-bond acceptors (Lipinski definition) is 1. The number of carbonyl (C=O) groups excluding carboxylic acids is 1. The van der Waals surface area contributed by atoms with Crippen molar-refractivity contribution in [2.24, 2.45) is 7.05 Å². The van der Waals surface area contributed by atoms with Crippen molar-refractivity contribution < 1.29 is 4.79 Å². The molecule has 0 bridgehead atoms. The minimum atomic E-state index is -0.0629. The van der Waals surface area contributed by atoms with Gasteiger partial charge in [-0.3, -0.25) is 4.79 Å². The highest BCUT2D eigenvalue weighted by Crippen LogP contribution is 2.35. The van der Waals surface area contributed by atoms with Crippen LogP contribution in [0.4, 0.5) is 5.69 Å². The third kappa shape index (κ3) is 3.80. The van der Waals surface area contributed by atoms with Crippen LogP contribution in [0.5, 0.6) is 0 Å². The number of amides is 1. The molecule has 3 aromatic carbocycles. The Balaban J connectivity index is 1.72. The molecule has 0 fully saturated rings. The summed E-state index contributed by atoms with van der Waals surface area (Å²) in [6.45, 7) is 0. The molecule has 28 heavy (non-hydrogen) atoms. The van der Waals surface area contributed by atoms with Crippen molar-refractivity contribution in [2.45, 2.75) is 12.3 Å². The minimum Gasteiger partial charge on any atom is -0.350 e. The van der Waals surface area contributed by atoms with Crippen molar-refractivity contribution in [1.29, 1.82) is 0 Å². The lowest BCUT2D eigenvalue weighted by atomic mass is 9.88. The van der Waals surface area contributed by atoms with Crippen LogP contribution < -0.4 is 5.32 Å². The third-order valence-corrected chi connectivity index (χ3v) is 5.27. The van der Waals surface area contributed by atoms with Crippen LogP contribution in [0.15, 0.2) is 85.1 Å². The summed E-state index contributed by atoms with van der Waals surface area (Å²) in [6, 6.07) is 25.6. The van der Waals surface area contributed by atoms with Gasteiger partial charge in [-0.2, -0.15) is 0 Å². The van der Waals surface area contributed by atoms with Gasteiger partial charge in [0.05, 0.1) is 0 Å². The zero-order valence-electron chi connectivity index (χ0n) is 15.6. The first-order valence-corrected chi connectivity index (χ1v) is 9.64. The molecule has 1 amide bonds. The molecule has 0 aliphatic carbocycles. The summed E-state index contributed by atoms with van der Waals surface area (Å²) < 4.78 is 2.11. The summed E-state index contributed by atoms with van der Waals surface area (Å²) in [7, 11) is 2.04. The van der Waals surface area contributed by atoms with E-state index >= 15 is 0 Å². The molecule has 0 radical (unpaired) electrons. The maximum absolute atomic E-state index is 12.8. The van der Waals surface area contributed by atoms with Crippen LogP contribution in [0.2, 0.25) is 5.02 Å². The number of benzene rings is 3. The summed E-state index contributed by atoms with van der Waals surface area (Å²) in [5.74, 6) is -0.0776. The maximum atomic E-state index is 12.8. The zero-order chi connectivity index (χ0) is 19.5. The highest BCUT2D eigenvalue weighted by Gasteiger charge is 2.22. The van der Waals surface area contributed by atoms with Crippen LogP contribution in [-0.4, -0.2) is 10.5 Å². The lowest BCUT2D eigenvalue weighted by Gasteiger charge is -2.17. The van der Waals surface area contributed by atoms with E-state index in [2.05, 4.69) is 28.2 Å². The second kappa shape index (κ2) is 7.91. The molecule has 1 aromatic heterocycles. The second-order valence-electron chi connectivity index (χ2n) is 6.93. The molecular weight excluding hydrogens is 368 g/mol. The molecule has 1 atom stereocenters. The van der Waals surface area contributed by atoms with Gasteiger partial charge in [-0.1, -0.05) is 60.1 Å². The Hall–Kier alpha value is -3.04. The van der Waals surface area contributed by atoms with Crippen molar-refractivity contribution in [1.82, 2.24) is 4.57 Å². The number of hydrogen-bond donors (Lipinski definition) is 1. The van der Waals surface area contributed by atoms with Crippen molar-refractivity contribution in [3.05, 3.63) is 101 Å². The van der Waals surface area contributed by atoms with Crippen LogP contribution in [-0.2, 0) is 11.8 Å². The van der Waals surface area contributed by atoms with Crippen LogP contribution in [0.1, 0.15) is 23.5 Å². The van der Waals surface area contributed by atoms with Crippen molar-refractivity contribution in [3.8, 4) is 0 Å². The minimum absolute atomic E-state index is 0.0147. The normalized spacial score (nSPS) is 12.1. The topological polar surface area (TPSA) is 34.0 Å². The van der Waals surface area contributed by atoms with E-state index in [0.29, 0.717) is 11.4 Å². The summed E-state index contributed by atoms with van der Waals surface area (Å²) in [6.07, 6.45) is 2.48. The third-order valence-electron chi connectivity index (χ3n) is 5.02. The first kappa shape index (κ1) is 18.3. The van der Waals surface area contributed by atoms with Gasteiger partial charge in [-0.05, 0) is 41.5 Å². The Labute approximate surface area is 169 Å². The fourth-order valence-electron chi connectivity index (χ4n) is 3.67. The maximum Gasteiger partial charge on any atom is 0.225 e. The number of halogens is 1. The first-order chi connectivity index (χ1) is 13.6. The molecule has 0 aliphatic heterocycles. The highest BCUT2D eigenvalue weighted by atomic mass is 35.5. The van der Waals surface area contributed by atoms with Crippen LogP contribution >= 0.6 is 11.6 Å². The number of aromatic nitrogens is 1. The summed E-state index contributed by atoms with van der Waals surface area (Å²) in [4.78, 5) is 12.8. The van der Waals surface area contributed by atoms with Gasteiger partial charge in [0.25, 0.3) is 0 Å². The van der Waals surface area contributed by atoms with Gasteiger partial charge in [0, 0.05) is 47.2 Å². The van der Waals surface area contributed by atoms with E-state index in [1.807, 2.05) is 73.8 Å². The van der Waals surface area contributed by atoms with E-state index in [0.717, 1.165) is 27.7 Å². The molecule has 140 valence electrons. The standard InChI is InChI=1S/C24H21ClN2O/c1-27-16-22(20-9-5-6-10-23(20)27)21(17-11-13-18(25)14-12-17)15-24(28)26-19-7-3-2-4-8-19/h2-14,16,21H,15H2,1H3,(H,26,28)/t21-/m1/s1. The van der Waals surface area contributed by atoms with E-state index in [1.54, 1.807) is 0 Å². The molecule has 0 unspecified atom stereocenters. The monoisotopic (exact) mass is 388 g/mol. The summed E-state index contributed by atoms with van der Waals surface area (Å²) in [5.41, 5.74) is 4.17. The predicted molar refractivity (Wildman–Crippen MR) is 116 cm³/mol. The Morgan fingerprint density at radius 2 is 1.64 bits per heavy atom. The highest BCUT2D eigenvalue weighted by molar-refractivity contribution is 6.30. The smallest absolute Gasteiger partial charge is 0.225 e. The number of rotatable bonds is 5. The Morgan fingerprint density at radius 3 is 2.39 bits per heavy atom. The zero-order valence-corrected chi connectivity index (χ0v) is 16.4. The molecule has 1 N–H and O–H groups in total. The molecule has 1 heterocycles. The van der Waals surface area contributed by atoms with E-state index in [-0.39, 0.29) is 11.8 Å². The average Bonchev–Trinajstić information content (AvgIpc) is 3.04. The fraction of sp³-hybridized carbons (Fsp3) is 0.125. The molecule has 0 saturated carbocycles. The largest absolute Gasteiger partial charge is 0.350 e. The van der Waals surface area contributed by atoms with Crippen molar-refractivity contribution in [2.75, 3.05) is 5.32 Å². The van der Waals surface area contributed by atoms with Gasteiger partial charge in [0.2, 0.25) is 5.91 Å². The number of carbonyl (C=O) groups is 1. The van der Waals surface area contributed by atoms with Gasteiger partial charge in [-0.15, -0.1) is 0 Å². The number of nitrogens with one attached hydrogen (secondary N) is 1. The van der Waals surface area contributed by atoms with Crippen molar-refractivity contribution in [3.63, 3.8) is 0 Å². The second-order valence-corrected chi connectivity index (χ2v) is 7.37. The Bertz CT molecular complexity index is 1100. The lowest BCUT2D eigenvalue weighted by Crippen LogP contribution is -2.16. The molecule has 3 nitrogen and oxygen atoms in total. The van der Waals surface area contributed by atoms with Gasteiger partial charge < -0.3 is 9.88 Å². The number of para-hydroxylation sites is 2. The van der Waals surface area contributed by atoms with Crippen LogP contribution in [0, 0.1) is 0 Å². The van der Waals surface area contributed by atoms with Crippen LogP contribution in [0.25, 0.3) is 10.9 Å². The lowest BCUT2D eigenvalue weighted by molar-refractivity contribution is -0.116. The summed E-state index contributed by atoms with van der Waals surface area (Å²) in [5, 5.41) is 4.86. The molecule has 0 aliphatic rings. The van der Waals surface area contributed by atoms with Crippen molar-refractivity contribution >= 4 is 34.1 Å². The van der Waals surface area contributed by atoms with E-state index < -0.39 is 0 Å². The summed E-state index contributed by atoms with van der Waals surface area (Å²) >= 11 is 6.09. The van der Waals surface area contributed by atoms with E-state index in [4.69, 9.17) is 11.6 Å². The molecule has 0 spiro atoms.